The van der Waals surface area contributed by atoms with Crippen LogP contribution in [0.15, 0.2) is 18.2 Å². The molecule has 1 heterocycles. The van der Waals surface area contributed by atoms with E-state index >= 15 is 0 Å². The average Bonchev–Trinajstić information content (AvgIpc) is 2.65. The van der Waals surface area contributed by atoms with Gasteiger partial charge in [-0.3, -0.25) is 9.59 Å². The highest BCUT2D eigenvalue weighted by atomic mass is 19.1. The van der Waals surface area contributed by atoms with E-state index in [2.05, 4.69) is 12.2 Å². The summed E-state index contributed by atoms with van der Waals surface area (Å²) in [6.45, 7) is 5.00. The molecular formula is C21H30F2N2O2. The van der Waals surface area contributed by atoms with E-state index in [9.17, 15) is 18.4 Å². The molecule has 0 bridgehead atoms. The Labute approximate surface area is 160 Å². The molecule has 150 valence electrons. The quantitative estimate of drug-likeness (QED) is 0.684. The zero-order chi connectivity index (χ0) is 19.8. The third-order valence-electron chi connectivity index (χ3n) is 5.19. The van der Waals surface area contributed by atoms with Crippen LogP contribution in [0.3, 0.4) is 0 Å². The summed E-state index contributed by atoms with van der Waals surface area (Å²) >= 11 is 0. The number of hydrogen-bond acceptors (Lipinski definition) is 2. The van der Waals surface area contributed by atoms with Crippen molar-refractivity contribution in [1.29, 1.82) is 0 Å². The molecule has 6 heteroatoms. The lowest BCUT2D eigenvalue weighted by Crippen LogP contribution is -2.45. The Hall–Kier alpha value is -1.98. The Bertz CT molecular complexity index is 643. The van der Waals surface area contributed by atoms with Gasteiger partial charge in [0.2, 0.25) is 5.91 Å². The smallest absolute Gasteiger partial charge is 0.256 e. The largest absolute Gasteiger partial charge is 0.353 e. The van der Waals surface area contributed by atoms with Gasteiger partial charge in [-0.25, -0.2) is 8.78 Å². The molecule has 0 saturated carbocycles. The van der Waals surface area contributed by atoms with Crippen molar-refractivity contribution in [2.75, 3.05) is 13.1 Å². The summed E-state index contributed by atoms with van der Waals surface area (Å²) in [7, 11) is 0. The average molecular weight is 380 g/mol. The third kappa shape index (κ3) is 6.29. The van der Waals surface area contributed by atoms with Crippen molar-refractivity contribution >= 4 is 11.8 Å². The lowest BCUT2D eigenvalue weighted by Gasteiger charge is -2.32. The number of likely N-dealkylation sites (tertiary alicyclic amines) is 1. The zero-order valence-electron chi connectivity index (χ0n) is 16.3. The molecular weight excluding hydrogens is 350 g/mol. The maximum atomic E-state index is 13.8. The summed E-state index contributed by atoms with van der Waals surface area (Å²) in [4.78, 5) is 26.4. The molecule has 1 fully saturated rings. The Morgan fingerprint density at radius 2 is 1.89 bits per heavy atom. The highest BCUT2D eigenvalue weighted by Crippen LogP contribution is 2.21. The number of unbranched alkanes of at least 4 members (excludes halogenated alkanes) is 3. The zero-order valence-corrected chi connectivity index (χ0v) is 16.3. The first-order chi connectivity index (χ1) is 12.9. The van der Waals surface area contributed by atoms with E-state index < -0.39 is 17.5 Å². The Morgan fingerprint density at radius 3 is 2.52 bits per heavy atom. The second kappa shape index (κ2) is 10.4. The Kier molecular flexibility index (Phi) is 8.20. The van der Waals surface area contributed by atoms with Gasteiger partial charge in [0.05, 0.1) is 5.56 Å². The summed E-state index contributed by atoms with van der Waals surface area (Å²) in [5.74, 6) is -2.08. The van der Waals surface area contributed by atoms with Crippen LogP contribution in [0.4, 0.5) is 8.78 Å². The van der Waals surface area contributed by atoms with Gasteiger partial charge in [-0.1, -0.05) is 32.6 Å². The molecule has 0 aromatic heterocycles. The number of halogens is 2. The molecule has 1 saturated heterocycles. The van der Waals surface area contributed by atoms with E-state index in [1.54, 1.807) is 0 Å². The fourth-order valence-electron chi connectivity index (χ4n) is 3.49. The first-order valence-electron chi connectivity index (χ1n) is 9.97. The van der Waals surface area contributed by atoms with Gasteiger partial charge in [0.1, 0.15) is 11.6 Å². The van der Waals surface area contributed by atoms with Crippen molar-refractivity contribution in [3.05, 3.63) is 35.4 Å². The van der Waals surface area contributed by atoms with Crippen LogP contribution in [0.2, 0.25) is 0 Å². The molecule has 1 aliphatic heterocycles. The molecule has 1 aromatic carbocycles. The second-order valence-corrected chi connectivity index (χ2v) is 7.45. The van der Waals surface area contributed by atoms with Crippen LogP contribution in [0.5, 0.6) is 0 Å². The standard InChI is InChI=1S/C21H30F2N2O2/c1-3-4-5-6-7-15(2)24-20(26)16-10-12-25(13-11-16)21(27)18-9-8-17(22)14-19(18)23/h8-9,14-16H,3-7,10-13H2,1-2H3,(H,24,26). The van der Waals surface area contributed by atoms with Crippen LogP contribution in [0, 0.1) is 17.6 Å². The summed E-state index contributed by atoms with van der Waals surface area (Å²) in [5, 5.41) is 3.07. The van der Waals surface area contributed by atoms with Crippen molar-refractivity contribution in [1.82, 2.24) is 10.2 Å². The highest BCUT2D eigenvalue weighted by molar-refractivity contribution is 5.94. The molecule has 2 amide bonds. The number of rotatable bonds is 8. The van der Waals surface area contributed by atoms with Crippen LogP contribution < -0.4 is 5.32 Å². The molecule has 4 nitrogen and oxygen atoms in total. The molecule has 0 aliphatic carbocycles. The fourth-order valence-corrected chi connectivity index (χ4v) is 3.49. The van der Waals surface area contributed by atoms with Gasteiger partial charge < -0.3 is 10.2 Å². The number of benzene rings is 1. The van der Waals surface area contributed by atoms with E-state index in [1.165, 1.54) is 30.2 Å². The number of hydrogen-bond donors (Lipinski definition) is 1. The monoisotopic (exact) mass is 380 g/mol. The predicted octanol–water partition coefficient (Wildman–Crippen LogP) is 4.29. The molecule has 1 aromatic rings. The van der Waals surface area contributed by atoms with E-state index in [4.69, 9.17) is 0 Å². The van der Waals surface area contributed by atoms with Gasteiger partial charge in [-0.15, -0.1) is 0 Å². The minimum Gasteiger partial charge on any atom is -0.353 e. The van der Waals surface area contributed by atoms with E-state index in [-0.39, 0.29) is 23.4 Å². The van der Waals surface area contributed by atoms with Crippen LogP contribution in [0.1, 0.15) is 69.2 Å². The SMILES string of the molecule is CCCCCCC(C)NC(=O)C1CCN(C(=O)c2ccc(F)cc2F)CC1. The minimum absolute atomic E-state index is 0.0399. The molecule has 0 radical (unpaired) electrons. The summed E-state index contributed by atoms with van der Waals surface area (Å²) in [6, 6.07) is 3.13. The van der Waals surface area contributed by atoms with Crippen molar-refractivity contribution < 1.29 is 18.4 Å². The first kappa shape index (κ1) is 21.3. The number of amides is 2. The maximum Gasteiger partial charge on any atom is 0.256 e. The lowest BCUT2D eigenvalue weighted by atomic mass is 9.94. The Balaban J connectivity index is 1.78. The number of carbonyl (C=O) groups excluding carboxylic acids is 2. The van der Waals surface area contributed by atoms with E-state index in [1.807, 2.05) is 6.92 Å². The van der Waals surface area contributed by atoms with Gasteiger partial charge in [-0.2, -0.15) is 0 Å². The van der Waals surface area contributed by atoms with Gasteiger partial charge in [0.25, 0.3) is 5.91 Å². The summed E-state index contributed by atoms with van der Waals surface area (Å²) in [5.41, 5.74) is -0.125. The Morgan fingerprint density at radius 1 is 1.19 bits per heavy atom. The van der Waals surface area contributed by atoms with Crippen molar-refractivity contribution in [3.63, 3.8) is 0 Å². The van der Waals surface area contributed by atoms with Crippen molar-refractivity contribution in [2.24, 2.45) is 5.92 Å². The first-order valence-corrected chi connectivity index (χ1v) is 9.97. The van der Waals surface area contributed by atoms with Gasteiger partial charge in [0, 0.05) is 31.1 Å². The van der Waals surface area contributed by atoms with Crippen molar-refractivity contribution in [3.8, 4) is 0 Å². The number of piperidine rings is 1. The van der Waals surface area contributed by atoms with E-state index in [0.29, 0.717) is 25.9 Å². The minimum atomic E-state index is -0.850. The topological polar surface area (TPSA) is 49.4 Å². The van der Waals surface area contributed by atoms with Crippen LogP contribution >= 0.6 is 0 Å². The third-order valence-corrected chi connectivity index (χ3v) is 5.19. The van der Waals surface area contributed by atoms with Gasteiger partial charge >= 0.3 is 0 Å². The lowest BCUT2D eigenvalue weighted by molar-refractivity contribution is -0.126. The normalized spacial score (nSPS) is 16.2. The molecule has 0 spiro atoms. The fraction of sp³-hybridized carbons (Fsp3) is 0.619. The molecule has 1 unspecified atom stereocenters. The number of carbonyl (C=O) groups is 2. The molecule has 1 aliphatic rings. The van der Waals surface area contributed by atoms with Crippen LogP contribution in [-0.2, 0) is 4.79 Å². The molecule has 2 rings (SSSR count). The number of nitrogens with zero attached hydrogens (tertiary/aromatic N) is 1. The predicted molar refractivity (Wildman–Crippen MR) is 101 cm³/mol. The maximum absolute atomic E-state index is 13.8. The summed E-state index contributed by atoms with van der Waals surface area (Å²) < 4.78 is 26.8. The number of nitrogens with one attached hydrogen (secondary N) is 1. The van der Waals surface area contributed by atoms with Crippen LogP contribution in [0.25, 0.3) is 0 Å². The highest BCUT2D eigenvalue weighted by Gasteiger charge is 2.29. The van der Waals surface area contributed by atoms with E-state index in [0.717, 1.165) is 25.0 Å². The molecule has 27 heavy (non-hydrogen) atoms. The van der Waals surface area contributed by atoms with Crippen LogP contribution in [-0.4, -0.2) is 35.8 Å². The summed E-state index contributed by atoms with van der Waals surface area (Å²) in [6.07, 6.45) is 6.82. The van der Waals surface area contributed by atoms with Gasteiger partial charge in [-0.05, 0) is 38.3 Å². The van der Waals surface area contributed by atoms with Crippen molar-refractivity contribution in [2.45, 2.75) is 64.8 Å². The molecule has 1 atom stereocenters. The van der Waals surface area contributed by atoms with Gasteiger partial charge in [0.15, 0.2) is 0 Å². The second-order valence-electron chi connectivity index (χ2n) is 7.45. The molecule has 1 N–H and O–H groups in total.